The molecule has 1 aromatic carbocycles. The number of nitrogen functional groups attached to an aromatic ring is 1. The standard InChI is InChI=1S/C14H18FN5/c1-9-8-17-14(20-16)19-13(9)18-10(2)7-11-3-5-12(15)6-4-11/h3-6,8,10H,7,16H2,1-2H3,(H2,17,18,19,20). The van der Waals surface area contributed by atoms with Crippen molar-refractivity contribution in [2.24, 2.45) is 5.84 Å². The summed E-state index contributed by atoms with van der Waals surface area (Å²) in [6.45, 7) is 3.97. The fourth-order valence-electron chi connectivity index (χ4n) is 1.92. The summed E-state index contributed by atoms with van der Waals surface area (Å²) in [7, 11) is 0. The van der Waals surface area contributed by atoms with Crippen LogP contribution in [0.2, 0.25) is 0 Å². The molecule has 0 radical (unpaired) electrons. The first kappa shape index (κ1) is 14.2. The summed E-state index contributed by atoms with van der Waals surface area (Å²) in [6, 6.07) is 6.66. The third-order valence-electron chi connectivity index (χ3n) is 2.94. The van der Waals surface area contributed by atoms with Gasteiger partial charge in [0, 0.05) is 17.8 Å². The third kappa shape index (κ3) is 3.64. The summed E-state index contributed by atoms with van der Waals surface area (Å²) in [4.78, 5) is 8.30. The van der Waals surface area contributed by atoms with Crippen LogP contribution in [0.15, 0.2) is 30.5 Å². The van der Waals surface area contributed by atoms with Crippen molar-refractivity contribution in [2.75, 3.05) is 10.7 Å². The second-order valence-corrected chi connectivity index (χ2v) is 4.75. The highest BCUT2D eigenvalue weighted by molar-refractivity contribution is 5.46. The van der Waals surface area contributed by atoms with E-state index in [2.05, 4.69) is 20.7 Å². The lowest BCUT2D eigenvalue weighted by molar-refractivity contribution is 0.626. The molecule has 0 bridgehead atoms. The monoisotopic (exact) mass is 275 g/mol. The minimum atomic E-state index is -0.223. The zero-order chi connectivity index (χ0) is 14.5. The Labute approximate surface area is 117 Å². The van der Waals surface area contributed by atoms with Gasteiger partial charge in [-0.15, -0.1) is 0 Å². The summed E-state index contributed by atoms with van der Waals surface area (Å²) in [5, 5.41) is 3.31. The van der Waals surface area contributed by atoms with Gasteiger partial charge < -0.3 is 5.32 Å². The molecule has 106 valence electrons. The molecule has 0 amide bonds. The average Bonchev–Trinajstić information content (AvgIpc) is 2.44. The van der Waals surface area contributed by atoms with E-state index >= 15 is 0 Å². The SMILES string of the molecule is Cc1cnc(NN)nc1NC(C)Cc1ccc(F)cc1. The van der Waals surface area contributed by atoms with E-state index in [0.717, 1.165) is 23.4 Å². The first-order valence-electron chi connectivity index (χ1n) is 6.39. The van der Waals surface area contributed by atoms with Crippen molar-refractivity contribution in [1.82, 2.24) is 9.97 Å². The number of rotatable bonds is 5. The number of benzene rings is 1. The molecule has 1 aromatic heterocycles. The van der Waals surface area contributed by atoms with Gasteiger partial charge in [-0.1, -0.05) is 12.1 Å². The van der Waals surface area contributed by atoms with E-state index in [9.17, 15) is 4.39 Å². The minimum Gasteiger partial charge on any atom is -0.367 e. The Morgan fingerprint density at radius 3 is 2.65 bits per heavy atom. The molecule has 0 aliphatic heterocycles. The van der Waals surface area contributed by atoms with Crippen LogP contribution in [0, 0.1) is 12.7 Å². The number of nitrogens with one attached hydrogen (secondary N) is 2. The number of nitrogens with two attached hydrogens (primary N) is 1. The van der Waals surface area contributed by atoms with Crippen LogP contribution in [0.4, 0.5) is 16.2 Å². The fourth-order valence-corrected chi connectivity index (χ4v) is 1.92. The number of halogens is 1. The fraction of sp³-hybridized carbons (Fsp3) is 0.286. The van der Waals surface area contributed by atoms with Gasteiger partial charge in [0.15, 0.2) is 0 Å². The first-order chi connectivity index (χ1) is 9.58. The molecule has 4 N–H and O–H groups in total. The van der Waals surface area contributed by atoms with Gasteiger partial charge in [-0.05, 0) is 38.0 Å². The van der Waals surface area contributed by atoms with E-state index in [1.54, 1.807) is 18.3 Å². The molecule has 0 spiro atoms. The van der Waals surface area contributed by atoms with E-state index in [-0.39, 0.29) is 11.9 Å². The van der Waals surface area contributed by atoms with Crippen LogP contribution in [0.5, 0.6) is 0 Å². The van der Waals surface area contributed by atoms with Crippen LogP contribution in [0.3, 0.4) is 0 Å². The Morgan fingerprint density at radius 1 is 1.30 bits per heavy atom. The normalized spacial score (nSPS) is 12.0. The second kappa shape index (κ2) is 6.29. The van der Waals surface area contributed by atoms with Crippen LogP contribution in [-0.2, 0) is 6.42 Å². The van der Waals surface area contributed by atoms with Gasteiger partial charge in [0.05, 0.1) is 0 Å². The molecular weight excluding hydrogens is 257 g/mol. The van der Waals surface area contributed by atoms with Crippen LogP contribution in [0.1, 0.15) is 18.1 Å². The van der Waals surface area contributed by atoms with Gasteiger partial charge in [0.2, 0.25) is 5.95 Å². The summed E-state index contributed by atoms with van der Waals surface area (Å²) in [5.74, 6) is 6.18. The Morgan fingerprint density at radius 2 is 2.00 bits per heavy atom. The van der Waals surface area contributed by atoms with Crippen molar-refractivity contribution in [1.29, 1.82) is 0 Å². The predicted octanol–water partition coefficient (Wildman–Crippen LogP) is 2.25. The van der Waals surface area contributed by atoms with Crippen LogP contribution >= 0.6 is 0 Å². The highest BCUT2D eigenvalue weighted by Gasteiger charge is 2.08. The van der Waals surface area contributed by atoms with Crippen molar-refractivity contribution in [3.05, 3.63) is 47.4 Å². The van der Waals surface area contributed by atoms with Crippen LogP contribution < -0.4 is 16.6 Å². The number of anilines is 2. The zero-order valence-electron chi connectivity index (χ0n) is 11.5. The number of hydrogen-bond acceptors (Lipinski definition) is 5. The lowest BCUT2D eigenvalue weighted by Crippen LogP contribution is -2.21. The van der Waals surface area contributed by atoms with E-state index < -0.39 is 0 Å². The van der Waals surface area contributed by atoms with Crippen molar-refractivity contribution >= 4 is 11.8 Å². The maximum atomic E-state index is 12.9. The quantitative estimate of drug-likeness (QED) is 0.576. The molecule has 0 aliphatic carbocycles. The average molecular weight is 275 g/mol. The van der Waals surface area contributed by atoms with Crippen molar-refractivity contribution < 1.29 is 4.39 Å². The molecule has 6 heteroatoms. The Balaban J connectivity index is 2.04. The first-order valence-corrected chi connectivity index (χ1v) is 6.39. The third-order valence-corrected chi connectivity index (χ3v) is 2.94. The lowest BCUT2D eigenvalue weighted by Gasteiger charge is -2.16. The second-order valence-electron chi connectivity index (χ2n) is 4.75. The van der Waals surface area contributed by atoms with Crippen LogP contribution in [0.25, 0.3) is 0 Å². The van der Waals surface area contributed by atoms with E-state index in [0.29, 0.717) is 5.95 Å². The predicted molar refractivity (Wildman–Crippen MR) is 77.8 cm³/mol. The smallest absolute Gasteiger partial charge is 0.239 e. The van der Waals surface area contributed by atoms with Gasteiger partial charge in [-0.3, -0.25) is 5.43 Å². The van der Waals surface area contributed by atoms with Gasteiger partial charge in [0.1, 0.15) is 11.6 Å². The highest BCUT2D eigenvalue weighted by Crippen LogP contribution is 2.15. The molecule has 20 heavy (non-hydrogen) atoms. The Hall–Kier alpha value is -2.21. The molecule has 1 atom stereocenters. The van der Waals surface area contributed by atoms with Gasteiger partial charge in [-0.2, -0.15) is 4.98 Å². The van der Waals surface area contributed by atoms with Crippen molar-refractivity contribution in [3.8, 4) is 0 Å². The summed E-state index contributed by atoms with van der Waals surface area (Å²) in [6.07, 6.45) is 2.48. The molecule has 2 aromatic rings. The minimum absolute atomic E-state index is 0.152. The molecular formula is C14H18FN5. The number of aryl methyl sites for hydroxylation is 1. The number of nitrogens with zero attached hydrogens (tertiary/aromatic N) is 2. The summed E-state index contributed by atoms with van der Waals surface area (Å²) in [5.41, 5.74) is 4.42. The molecule has 0 saturated heterocycles. The maximum absolute atomic E-state index is 12.9. The Kier molecular flexibility index (Phi) is 4.47. The highest BCUT2D eigenvalue weighted by atomic mass is 19.1. The topological polar surface area (TPSA) is 75.9 Å². The van der Waals surface area contributed by atoms with Crippen LogP contribution in [-0.4, -0.2) is 16.0 Å². The molecule has 0 fully saturated rings. The molecule has 2 rings (SSSR count). The molecule has 1 heterocycles. The molecule has 1 unspecified atom stereocenters. The lowest BCUT2D eigenvalue weighted by atomic mass is 10.1. The molecule has 5 nitrogen and oxygen atoms in total. The van der Waals surface area contributed by atoms with E-state index in [1.807, 2.05) is 13.8 Å². The largest absolute Gasteiger partial charge is 0.367 e. The maximum Gasteiger partial charge on any atom is 0.239 e. The zero-order valence-corrected chi connectivity index (χ0v) is 11.5. The number of aromatic nitrogens is 2. The molecule has 0 saturated carbocycles. The van der Waals surface area contributed by atoms with Gasteiger partial charge in [0.25, 0.3) is 0 Å². The van der Waals surface area contributed by atoms with Crippen molar-refractivity contribution in [2.45, 2.75) is 26.3 Å². The van der Waals surface area contributed by atoms with E-state index in [1.165, 1.54) is 12.1 Å². The van der Waals surface area contributed by atoms with Gasteiger partial charge >= 0.3 is 0 Å². The number of hydrazine groups is 1. The Bertz CT molecular complexity index is 570. The molecule has 0 aliphatic rings. The summed E-state index contributed by atoms with van der Waals surface area (Å²) >= 11 is 0. The van der Waals surface area contributed by atoms with Gasteiger partial charge in [-0.25, -0.2) is 15.2 Å². The van der Waals surface area contributed by atoms with E-state index in [4.69, 9.17) is 5.84 Å². The van der Waals surface area contributed by atoms with Crippen molar-refractivity contribution in [3.63, 3.8) is 0 Å². The number of hydrogen-bond donors (Lipinski definition) is 3. The summed E-state index contributed by atoms with van der Waals surface area (Å²) < 4.78 is 12.9.